The van der Waals surface area contributed by atoms with Crippen LogP contribution in [0.25, 0.3) is 0 Å². The van der Waals surface area contributed by atoms with Crippen molar-refractivity contribution in [2.45, 2.75) is 0 Å². The average molecular weight is 311 g/mol. The first kappa shape index (κ1) is 14.7. The summed E-state index contributed by atoms with van der Waals surface area (Å²) in [6, 6.07) is 8.55. The Morgan fingerprint density at radius 3 is 2.52 bits per heavy atom. The summed E-state index contributed by atoms with van der Waals surface area (Å²) in [5.41, 5.74) is -0.266. The Hall–Kier alpha value is -2.67. The molecule has 0 spiro atoms. The first-order valence-corrected chi connectivity index (χ1v) is 6.02. The van der Waals surface area contributed by atoms with Crippen LogP contribution in [0.15, 0.2) is 42.5 Å². The fraction of sp³-hybridized carbons (Fsp3) is 0. The lowest BCUT2D eigenvalue weighted by molar-refractivity contribution is -0.384. The second-order valence-corrected chi connectivity index (χ2v) is 4.33. The van der Waals surface area contributed by atoms with Crippen LogP contribution in [0.2, 0.25) is 5.02 Å². The zero-order valence-electron chi connectivity index (χ0n) is 10.4. The summed E-state index contributed by atoms with van der Waals surface area (Å²) < 4.78 is 18.3. The number of nitro benzene ring substituents is 1. The van der Waals surface area contributed by atoms with E-state index in [0.717, 1.165) is 6.07 Å². The molecule has 0 fully saturated rings. The normalized spacial score (nSPS) is 10.0. The van der Waals surface area contributed by atoms with Crippen LogP contribution in [0.1, 0.15) is 0 Å². The number of anilines is 1. The maximum absolute atomic E-state index is 13.4. The summed E-state index contributed by atoms with van der Waals surface area (Å²) in [7, 11) is 0. The summed E-state index contributed by atoms with van der Waals surface area (Å²) >= 11 is 5.68. The molecule has 0 saturated carbocycles. The van der Waals surface area contributed by atoms with Crippen molar-refractivity contribution in [1.29, 1.82) is 0 Å². The molecule has 1 N–H and O–H groups in total. The largest absolute Gasteiger partial charge is 0.417 e. The molecule has 0 aliphatic carbocycles. The molecule has 2 aromatic rings. The molecule has 0 bridgehead atoms. The zero-order chi connectivity index (χ0) is 15.4. The highest BCUT2D eigenvalue weighted by atomic mass is 35.5. The summed E-state index contributed by atoms with van der Waals surface area (Å²) in [6.45, 7) is 0. The first-order valence-electron chi connectivity index (χ1n) is 5.64. The van der Waals surface area contributed by atoms with Gasteiger partial charge < -0.3 is 4.74 Å². The quantitative estimate of drug-likeness (QED) is 0.686. The number of non-ortho nitro benzene ring substituents is 1. The van der Waals surface area contributed by atoms with Gasteiger partial charge in [-0.15, -0.1) is 0 Å². The molecule has 0 aromatic heterocycles. The summed E-state index contributed by atoms with van der Waals surface area (Å²) in [4.78, 5) is 21.5. The molecular formula is C13H8ClFN2O4. The molecule has 8 heteroatoms. The van der Waals surface area contributed by atoms with Crippen LogP contribution < -0.4 is 10.1 Å². The van der Waals surface area contributed by atoms with E-state index in [4.69, 9.17) is 16.3 Å². The number of amides is 1. The molecule has 0 aliphatic heterocycles. The van der Waals surface area contributed by atoms with Gasteiger partial charge in [-0.05, 0) is 30.3 Å². The molecule has 2 aromatic carbocycles. The Balaban J connectivity index is 2.04. The van der Waals surface area contributed by atoms with Crippen LogP contribution in [-0.2, 0) is 0 Å². The highest BCUT2D eigenvalue weighted by Gasteiger charge is 2.11. The second-order valence-electron chi connectivity index (χ2n) is 3.89. The predicted molar refractivity (Wildman–Crippen MR) is 74.2 cm³/mol. The maximum Gasteiger partial charge on any atom is 0.417 e. The smallest absolute Gasteiger partial charge is 0.410 e. The third kappa shape index (κ3) is 3.90. The van der Waals surface area contributed by atoms with E-state index in [9.17, 15) is 19.3 Å². The highest BCUT2D eigenvalue weighted by Crippen LogP contribution is 2.21. The zero-order valence-corrected chi connectivity index (χ0v) is 11.1. The number of carbonyl (C=O) groups excluding carboxylic acids is 1. The van der Waals surface area contributed by atoms with Gasteiger partial charge in [0.05, 0.1) is 10.6 Å². The van der Waals surface area contributed by atoms with Crippen LogP contribution in [-0.4, -0.2) is 11.0 Å². The van der Waals surface area contributed by atoms with Crippen LogP contribution in [0.3, 0.4) is 0 Å². The molecule has 0 radical (unpaired) electrons. The fourth-order valence-electron chi connectivity index (χ4n) is 1.47. The third-order valence-electron chi connectivity index (χ3n) is 2.42. The molecule has 6 nitrogen and oxygen atoms in total. The van der Waals surface area contributed by atoms with Crippen LogP contribution in [0.5, 0.6) is 5.75 Å². The predicted octanol–water partition coefficient (Wildman–Crippen LogP) is 4.00. The number of hydrogen-bond donors (Lipinski definition) is 1. The van der Waals surface area contributed by atoms with E-state index < -0.39 is 16.8 Å². The molecule has 2 rings (SSSR count). The van der Waals surface area contributed by atoms with Crippen molar-refractivity contribution in [2.24, 2.45) is 0 Å². The Bertz CT molecular complexity index is 691. The van der Waals surface area contributed by atoms with E-state index in [1.54, 1.807) is 0 Å². The first-order chi connectivity index (χ1) is 9.95. The summed E-state index contributed by atoms with van der Waals surface area (Å²) in [6.07, 6.45) is -0.940. The molecule has 21 heavy (non-hydrogen) atoms. The third-order valence-corrected chi connectivity index (χ3v) is 2.66. The van der Waals surface area contributed by atoms with E-state index in [-0.39, 0.29) is 22.1 Å². The van der Waals surface area contributed by atoms with E-state index in [2.05, 4.69) is 5.32 Å². The van der Waals surface area contributed by atoms with Gasteiger partial charge in [0.1, 0.15) is 11.6 Å². The second kappa shape index (κ2) is 6.19. The van der Waals surface area contributed by atoms with E-state index in [1.807, 2.05) is 0 Å². The molecule has 0 aliphatic rings. The number of carbonyl (C=O) groups is 1. The Morgan fingerprint density at radius 1 is 1.24 bits per heavy atom. The lowest BCUT2D eigenvalue weighted by Crippen LogP contribution is -2.17. The minimum Gasteiger partial charge on any atom is -0.410 e. The van der Waals surface area contributed by atoms with Gasteiger partial charge in [-0.2, -0.15) is 0 Å². The Morgan fingerprint density at radius 2 is 1.90 bits per heavy atom. The number of nitrogens with zero attached hydrogens (tertiary/aromatic N) is 1. The van der Waals surface area contributed by atoms with Crippen molar-refractivity contribution >= 4 is 29.1 Å². The van der Waals surface area contributed by atoms with Crippen molar-refractivity contribution in [3.63, 3.8) is 0 Å². The van der Waals surface area contributed by atoms with Gasteiger partial charge >= 0.3 is 6.09 Å². The number of rotatable bonds is 3. The molecule has 1 amide bonds. The number of hydrogen-bond acceptors (Lipinski definition) is 4. The number of nitro groups is 1. The minimum atomic E-state index is -0.940. The lowest BCUT2D eigenvalue weighted by atomic mass is 10.3. The van der Waals surface area contributed by atoms with E-state index >= 15 is 0 Å². The van der Waals surface area contributed by atoms with Crippen molar-refractivity contribution in [1.82, 2.24) is 0 Å². The summed E-state index contributed by atoms with van der Waals surface area (Å²) in [5, 5.41) is 12.9. The van der Waals surface area contributed by atoms with Gasteiger partial charge in [0, 0.05) is 17.2 Å². The van der Waals surface area contributed by atoms with Gasteiger partial charge in [0.25, 0.3) is 5.69 Å². The standard InChI is InChI=1S/C13H8ClFN2O4/c14-8-1-6-11(15)12(7-8)16-13(18)21-10-4-2-9(3-5-10)17(19)20/h1-7H,(H,16,18). The molecular weight excluding hydrogens is 303 g/mol. The van der Waals surface area contributed by atoms with Crippen LogP contribution in [0.4, 0.5) is 20.6 Å². The van der Waals surface area contributed by atoms with Gasteiger partial charge in [0.15, 0.2) is 0 Å². The number of nitrogens with one attached hydrogen (secondary N) is 1. The van der Waals surface area contributed by atoms with Crippen molar-refractivity contribution in [2.75, 3.05) is 5.32 Å². The van der Waals surface area contributed by atoms with Gasteiger partial charge in [-0.3, -0.25) is 15.4 Å². The average Bonchev–Trinajstić information content (AvgIpc) is 2.43. The number of halogens is 2. The SMILES string of the molecule is O=C(Nc1cc(Cl)ccc1F)Oc1ccc([N+](=O)[O-])cc1. The molecule has 108 valence electrons. The van der Waals surface area contributed by atoms with Gasteiger partial charge in [0.2, 0.25) is 0 Å². The van der Waals surface area contributed by atoms with Crippen molar-refractivity contribution in [3.8, 4) is 5.75 Å². The van der Waals surface area contributed by atoms with E-state index in [1.165, 1.54) is 36.4 Å². The Kier molecular flexibility index (Phi) is 4.34. The summed E-state index contributed by atoms with van der Waals surface area (Å²) in [5.74, 6) is -0.583. The maximum atomic E-state index is 13.4. The molecule has 0 saturated heterocycles. The molecule has 0 atom stereocenters. The monoisotopic (exact) mass is 310 g/mol. The van der Waals surface area contributed by atoms with Gasteiger partial charge in [-0.1, -0.05) is 11.6 Å². The molecule has 0 unspecified atom stereocenters. The fourth-order valence-corrected chi connectivity index (χ4v) is 1.64. The van der Waals surface area contributed by atoms with Crippen molar-refractivity contribution < 1.29 is 18.8 Å². The van der Waals surface area contributed by atoms with Crippen molar-refractivity contribution in [3.05, 3.63) is 63.4 Å². The van der Waals surface area contributed by atoms with Crippen LogP contribution in [0, 0.1) is 15.9 Å². The minimum absolute atomic E-state index is 0.0838. The highest BCUT2D eigenvalue weighted by molar-refractivity contribution is 6.30. The number of benzene rings is 2. The van der Waals surface area contributed by atoms with Gasteiger partial charge in [-0.25, -0.2) is 9.18 Å². The number of ether oxygens (including phenoxy) is 1. The van der Waals surface area contributed by atoms with Crippen LogP contribution >= 0.6 is 11.6 Å². The lowest BCUT2D eigenvalue weighted by Gasteiger charge is -2.07. The van der Waals surface area contributed by atoms with E-state index in [0.29, 0.717) is 0 Å². The molecule has 0 heterocycles. The topological polar surface area (TPSA) is 81.5 Å². The Labute approximate surface area is 123 Å².